The van der Waals surface area contributed by atoms with Gasteiger partial charge in [-0.3, -0.25) is 4.79 Å². The Morgan fingerprint density at radius 3 is 2.14 bits per heavy atom. The van der Waals surface area contributed by atoms with Crippen LogP contribution in [-0.4, -0.2) is 12.3 Å². The molecule has 0 bridgehead atoms. The molecule has 0 aliphatic rings. The molecule has 0 aromatic heterocycles. The van der Waals surface area contributed by atoms with E-state index in [0.717, 1.165) is 5.56 Å². The van der Waals surface area contributed by atoms with Gasteiger partial charge in [0.2, 0.25) is 5.91 Å². The number of alkyl halides is 3. The van der Waals surface area contributed by atoms with Crippen LogP contribution in [0, 0.1) is 0 Å². The van der Waals surface area contributed by atoms with E-state index in [1.54, 1.807) is 24.3 Å². The lowest BCUT2D eigenvalue weighted by molar-refractivity contribution is -0.274. The molecule has 3 nitrogen and oxygen atoms in total. The van der Waals surface area contributed by atoms with Crippen LogP contribution in [0.5, 0.6) is 5.75 Å². The number of ether oxygens (including phenoxy) is 1. The lowest BCUT2D eigenvalue weighted by atomic mass is 9.91. The van der Waals surface area contributed by atoms with E-state index in [-0.39, 0.29) is 5.75 Å². The molecule has 1 unspecified atom stereocenters. The summed E-state index contributed by atoms with van der Waals surface area (Å²) >= 11 is 0. The van der Waals surface area contributed by atoms with E-state index in [1.165, 1.54) is 24.3 Å². The second kappa shape index (κ2) is 6.51. The zero-order valence-electron chi connectivity index (χ0n) is 11.5. The Bertz CT molecular complexity index is 624. The molecule has 116 valence electrons. The van der Waals surface area contributed by atoms with Crippen LogP contribution in [0.25, 0.3) is 0 Å². The highest BCUT2D eigenvalue weighted by Gasteiger charge is 2.31. The van der Waals surface area contributed by atoms with E-state index in [9.17, 15) is 18.0 Å². The van der Waals surface area contributed by atoms with E-state index in [0.29, 0.717) is 12.0 Å². The third kappa shape index (κ3) is 4.51. The fourth-order valence-corrected chi connectivity index (χ4v) is 2.13. The quantitative estimate of drug-likeness (QED) is 0.920. The maximum absolute atomic E-state index is 12.1. The third-order valence-corrected chi connectivity index (χ3v) is 3.14. The third-order valence-electron chi connectivity index (χ3n) is 3.14. The monoisotopic (exact) mass is 309 g/mol. The molecule has 0 spiro atoms. The molecule has 2 aromatic carbocycles. The highest BCUT2D eigenvalue weighted by atomic mass is 19.4. The maximum atomic E-state index is 12.1. The van der Waals surface area contributed by atoms with Crippen LogP contribution in [0.4, 0.5) is 13.2 Å². The van der Waals surface area contributed by atoms with Gasteiger partial charge in [0.15, 0.2) is 0 Å². The van der Waals surface area contributed by atoms with Crippen molar-refractivity contribution >= 4 is 5.91 Å². The summed E-state index contributed by atoms with van der Waals surface area (Å²) in [5.74, 6) is -1.32. The molecule has 0 heterocycles. The number of carbonyl (C=O) groups excluding carboxylic acids is 1. The minimum absolute atomic E-state index is 0.299. The largest absolute Gasteiger partial charge is 0.573 e. The molecular weight excluding hydrogens is 295 g/mol. The number of amides is 1. The second-order valence-electron chi connectivity index (χ2n) is 4.76. The molecule has 1 amide bonds. The second-order valence-corrected chi connectivity index (χ2v) is 4.76. The minimum atomic E-state index is -4.72. The summed E-state index contributed by atoms with van der Waals surface area (Å²) in [5.41, 5.74) is 6.88. The first-order chi connectivity index (χ1) is 10.3. The Kier molecular flexibility index (Phi) is 4.70. The molecule has 6 heteroatoms. The SMILES string of the molecule is NC(=O)C(Cc1ccc(OC(F)(F)F)cc1)c1ccccc1. The van der Waals surface area contributed by atoms with Gasteiger partial charge in [-0.25, -0.2) is 0 Å². The predicted octanol–water partition coefficient (Wildman–Crippen LogP) is 3.40. The average Bonchev–Trinajstić information content (AvgIpc) is 2.45. The number of hydrogen-bond donors (Lipinski definition) is 1. The molecule has 2 N–H and O–H groups in total. The number of nitrogens with two attached hydrogens (primary N) is 1. The average molecular weight is 309 g/mol. The summed E-state index contributed by atoms with van der Waals surface area (Å²) in [6, 6.07) is 14.4. The maximum Gasteiger partial charge on any atom is 0.573 e. The standard InChI is InChI=1S/C16H14F3NO2/c17-16(18,19)22-13-8-6-11(7-9-13)10-14(15(20)21)12-4-2-1-3-5-12/h1-9,14H,10H2,(H2,20,21). The van der Waals surface area contributed by atoms with Crippen LogP contribution in [0.1, 0.15) is 17.0 Å². The summed E-state index contributed by atoms with van der Waals surface area (Å²) in [5, 5.41) is 0. The van der Waals surface area contributed by atoms with E-state index in [4.69, 9.17) is 5.73 Å². The van der Waals surface area contributed by atoms with Gasteiger partial charge in [-0.05, 0) is 29.7 Å². The van der Waals surface area contributed by atoms with Crippen molar-refractivity contribution in [2.75, 3.05) is 0 Å². The van der Waals surface area contributed by atoms with Gasteiger partial charge in [0, 0.05) is 0 Å². The Hall–Kier alpha value is -2.50. The fourth-order valence-electron chi connectivity index (χ4n) is 2.13. The molecular formula is C16H14F3NO2. The van der Waals surface area contributed by atoms with Gasteiger partial charge in [0.1, 0.15) is 5.75 Å². The Morgan fingerprint density at radius 1 is 1.05 bits per heavy atom. The number of rotatable bonds is 5. The Labute approximate surface area is 125 Å². The molecule has 0 saturated heterocycles. The number of hydrogen-bond acceptors (Lipinski definition) is 2. The zero-order valence-corrected chi connectivity index (χ0v) is 11.5. The summed E-state index contributed by atoms with van der Waals surface area (Å²) in [4.78, 5) is 11.6. The number of halogens is 3. The minimum Gasteiger partial charge on any atom is -0.406 e. The molecule has 2 rings (SSSR count). The highest BCUT2D eigenvalue weighted by Crippen LogP contribution is 2.25. The van der Waals surface area contributed by atoms with Crippen molar-refractivity contribution in [3.63, 3.8) is 0 Å². The predicted molar refractivity (Wildman–Crippen MR) is 75.2 cm³/mol. The van der Waals surface area contributed by atoms with Crippen molar-refractivity contribution in [3.8, 4) is 5.75 Å². The normalized spacial score (nSPS) is 12.7. The molecule has 1 atom stereocenters. The first-order valence-corrected chi connectivity index (χ1v) is 6.54. The van der Waals surface area contributed by atoms with Crippen molar-refractivity contribution in [1.29, 1.82) is 0 Å². The first kappa shape index (κ1) is 15.9. The molecule has 2 aromatic rings. The van der Waals surface area contributed by atoms with E-state index in [1.807, 2.05) is 6.07 Å². The van der Waals surface area contributed by atoms with Gasteiger partial charge in [0.05, 0.1) is 5.92 Å². The smallest absolute Gasteiger partial charge is 0.406 e. The number of carbonyl (C=O) groups is 1. The van der Waals surface area contributed by atoms with Gasteiger partial charge in [-0.15, -0.1) is 13.2 Å². The number of primary amides is 1. The zero-order chi connectivity index (χ0) is 16.2. The van der Waals surface area contributed by atoms with Crippen molar-refractivity contribution in [3.05, 3.63) is 65.7 Å². The fraction of sp³-hybridized carbons (Fsp3) is 0.188. The van der Waals surface area contributed by atoms with Crippen LogP contribution in [-0.2, 0) is 11.2 Å². The van der Waals surface area contributed by atoms with Crippen molar-refractivity contribution in [1.82, 2.24) is 0 Å². The van der Waals surface area contributed by atoms with Crippen LogP contribution in [0.15, 0.2) is 54.6 Å². The molecule has 0 radical (unpaired) electrons. The summed E-state index contributed by atoms with van der Waals surface area (Å²) in [6.45, 7) is 0. The van der Waals surface area contributed by atoms with E-state index >= 15 is 0 Å². The molecule has 0 saturated carbocycles. The van der Waals surface area contributed by atoms with Crippen molar-refractivity contribution in [2.45, 2.75) is 18.7 Å². The lowest BCUT2D eigenvalue weighted by Crippen LogP contribution is -2.23. The first-order valence-electron chi connectivity index (χ1n) is 6.54. The van der Waals surface area contributed by atoms with Crippen LogP contribution in [0.3, 0.4) is 0 Å². The van der Waals surface area contributed by atoms with Gasteiger partial charge in [0.25, 0.3) is 0 Å². The van der Waals surface area contributed by atoms with Crippen molar-refractivity contribution in [2.24, 2.45) is 5.73 Å². The summed E-state index contributed by atoms with van der Waals surface area (Å²) in [7, 11) is 0. The summed E-state index contributed by atoms with van der Waals surface area (Å²) < 4.78 is 40.1. The van der Waals surface area contributed by atoms with Crippen LogP contribution >= 0.6 is 0 Å². The van der Waals surface area contributed by atoms with Crippen LogP contribution < -0.4 is 10.5 Å². The topological polar surface area (TPSA) is 52.3 Å². The van der Waals surface area contributed by atoms with Crippen molar-refractivity contribution < 1.29 is 22.7 Å². The van der Waals surface area contributed by atoms with E-state index < -0.39 is 18.2 Å². The summed E-state index contributed by atoms with van der Waals surface area (Å²) in [6.07, 6.45) is -4.41. The molecule has 0 aliphatic carbocycles. The molecule has 22 heavy (non-hydrogen) atoms. The number of benzene rings is 2. The highest BCUT2D eigenvalue weighted by molar-refractivity contribution is 5.82. The molecule has 0 aliphatic heterocycles. The van der Waals surface area contributed by atoms with Gasteiger partial charge in [-0.2, -0.15) is 0 Å². The Morgan fingerprint density at radius 2 is 1.64 bits per heavy atom. The van der Waals surface area contributed by atoms with Gasteiger partial charge < -0.3 is 10.5 Å². The van der Waals surface area contributed by atoms with Crippen LogP contribution in [0.2, 0.25) is 0 Å². The Balaban J connectivity index is 2.13. The van der Waals surface area contributed by atoms with E-state index in [2.05, 4.69) is 4.74 Å². The lowest BCUT2D eigenvalue weighted by Gasteiger charge is -2.14. The van der Waals surface area contributed by atoms with Gasteiger partial charge >= 0.3 is 6.36 Å². The molecule has 0 fully saturated rings. The van der Waals surface area contributed by atoms with Gasteiger partial charge in [-0.1, -0.05) is 42.5 Å².